The molecule has 162 valence electrons. The summed E-state index contributed by atoms with van der Waals surface area (Å²) in [5.74, 6) is 1.68. The molecule has 9 heteroatoms. The molecule has 1 atom stereocenters. The summed E-state index contributed by atoms with van der Waals surface area (Å²) in [6.45, 7) is 5.79. The number of hydrogen-bond donors (Lipinski definition) is 0. The van der Waals surface area contributed by atoms with Crippen molar-refractivity contribution in [2.24, 2.45) is 0 Å². The summed E-state index contributed by atoms with van der Waals surface area (Å²) in [5, 5.41) is 12.8. The van der Waals surface area contributed by atoms with Crippen molar-refractivity contribution in [1.29, 1.82) is 0 Å². The van der Waals surface area contributed by atoms with Crippen LogP contribution in [0.15, 0.2) is 58.7 Å². The van der Waals surface area contributed by atoms with Gasteiger partial charge in [0.15, 0.2) is 11.5 Å². The van der Waals surface area contributed by atoms with Crippen LogP contribution in [0.3, 0.4) is 0 Å². The normalized spacial score (nSPS) is 17.6. The fraction of sp³-hybridized carbons (Fsp3) is 0.261. The minimum Gasteiger partial charge on any atom is -0.472 e. The van der Waals surface area contributed by atoms with Gasteiger partial charge in [-0.25, -0.2) is 9.38 Å². The molecule has 0 N–H and O–H groups in total. The molecular formula is C23H21ClN6OS. The van der Waals surface area contributed by atoms with E-state index in [9.17, 15) is 0 Å². The lowest BCUT2D eigenvalue weighted by Gasteiger charge is -2.40. The first-order valence-electron chi connectivity index (χ1n) is 10.6. The number of furan rings is 1. The molecule has 0 unspecified atom stereocenters. The predicted octanol–water partition coefficient (Wildman–Crippen LogP) is 4.96. The maximum atomic E-state index is 6.30. The van der Waals surface area contributed by atoms with E-state index < -0.39 is 0 Å². The van der Waals surface area contributed by atoms with Gasteiger partial charge in [-0.1, -0.05) is 17.7 Å². The summed E-state index contributed by atoms with van der Waals surface area (Å²) >= 11 is 7.95. The Hall–Kier alpha value is -2.94. The van der Waals surface area contributed by atoms with Crippen molar-refractivity contribution in [2.75, 3.05) is 24.5 Å². The molecule has 32 heavy (non-hydrogen) atoms. The zero-order chi connectivity index (χ0) is 21.7. The fourth-order valence-corrected chi connectivity index (χ4v) is 5.26. The number of hydrogen-bond acceptors (Lipinski definition) is 7. The van der Waals surface area contributed by atoms with Gasteiger partial charge < -0.3 is 9.32 Å². The highest BCUT2D eigenvalue weighted by atomic mass is 35.5. The van der Waals surface area contributed by atoms with Crippen LogP contribution >= 0.6 is 22.9 Å². The van der Waals surface area contributed by atoms with Crippen molar-refractivity contribution in [1.82, 2.24) is 24.5 Å². The van der Waals surface area contributed by atoms with E-state index in [4.69, 9.17) is 21.0 Å². The minimum absolute atomic E-state index is 0.354. The molecule has 5 aromatic rings. The summed E-state index contributed by atoms with van der Waals surface area (Å²) < 4.78 is 7.34. The number of piperazine rings is 1. The van der Waals surface area contributed by atoms with Crippen LogP contribution in [0.5, 0.6) is 0 Å². The van der Waals surface area contributed by atoms with Crippen LogP contribution in [0.2, 0.25) is 5.02 Å². The highest BCUT2D eigenvalue weighted by Gasteiger charge is 2.28. The molecular weight excluding hydrogens is 444 g/mol. The van der Waals surface area contributed by atoms with Crippen LogP contribution in [-0.4, -0.2) is 50.2 Å². The molecule has 4 aromatic heterocycles. The van der Waals surface area contributed by atoms with Crippen LogP contribution < -0.4 is 4.90 Å². The summed E-state index contributed by atoms with van der Waals surface area (Å²) in [5.41, 5.74) is 2.84. The number of nitrogens with zero attached hydrogens (tertiary/aromatic N) is 6. The monoisotopic (exact) mass is 464 g/mol. The van der Waals surface area contributed by atoms with Gasteiger partial charge in [-0.15, -0.1) is 21.5 Å². The summed E-state index contributed by atoms with van der Waals surface area (Å²) in [4.78, 5) is 10.9. The Morgan fingerprint density at radius 1 is 1.19 bits per heavy atom. The average molecular weight is 465 g/mol. The number of fused-ring (bicyclic) bond motifs is 3. The largest absolute Gasteiger partial charge is 0.472 e. The second-order valence-electron chi connectivity index (χ2n) is 8.13. The van der Waals surface area contributed by atoms with Gasteiger partial charge in [0.1, 0.15) is 0 Å². The molecule has 1 aliphatic heterocycles. The molecule has 0 bridgehead atoms. The highest BCUT2D eigenvalue weighted by molar-refractivity contribution is 7.13. The van der Waals surface area contributed by atoms with Gasteiger partial charge in [-0.2, -0.15) is 0 Å². The second kappa shape index (κ2) is 7.88. The van der Waals surface area contributed by atoms with Crippen molar-refractivity contribution in [2.45, 2.75) is 19.5 Å². The van der Waals surface area contributed by atoms with Gasteiger partial charge in [0.05, 0.1) is 22.9 Å². The van der Waals surface area contributed by atoms with Crippen LogP contribution in [0.1, 0.15) is 12.5 Å². The lowest BCUT2D eigenvalue weighted by atomic mass is 10.1. The van der Waals surface area contributed by atoms with Gasteiger partial charge in [0.25, 0.3) is 0 Å². The summed E-state index contributed by atoms with van der Waals surface area (Å²) in [6.07, 6.45) is 3.55. The van der Waals surface area contributed by atoms with Crippen LogP contribution in [0.4, 0.5) is 5.95 Å². The lowest BCUT2D eigenvalue weighted by Crippen LogP contribution is -2.52. The lowest BCUT2D eigenvalue weighted by molar-refractivity contribution is 0.179. The van der Waals surface area contributed by atoms with E-state index in [1.54, 1.807) is 17.6 Å². The molecule has 0 spiro atoms. The van der Waals surface area contributed by atoms with E-state index in [1.807, 2.05) is 36.6 Å². The fourth-order valence-electron chi connectivity index (χ4n) is 4.40. The zero-order valence-corrected chi connectivity index (χ0v) is 19.1. The number of benzene rings is 1. The van der Waals surface area contributed by atoms with Crippen LogP contribution in [-0.2, 0) is 6.54 Å². The quantitative estimate of drug-likeness (QED) is 0.374. The van der Waals surface area contributed by atoms with Crippen molar-refractivity contribution in [3.63, 3.8) is 0 Å². The van der Waals surface area contributed by atoms with E-state index in [0.717, 1.165) is 59.4 Å². The Balaban J connectivity index is 1.44. The van der Waals surface area contributed by atoms with Gasteiger partial charge in [-0.05, 0) is 42.6 Å². The third-order valence-corrected chi connectivity index (χ3v) is 7.14. The van der Waals surface area contributed by atoms with Crippen molar-refractivity contribution >= 4 is 45.4 Å². The standard InChI is InChI=1S/C23H21ClN6OS/c1-15-12-29(8-7-28(15)13-16-6-9-31-14-16)23-25-19-11-17(24)4-5-18(19)21-26-27-22(30(21)23)20-3-2-10-32-20/h2-6,9-11,14-15H,7-8,12-13H2,1H3/t15-/m1/s1. The molecule has 0 aliphatic carbocycles. The maximum absolute atomic E-state index is 6.30. The molecule has 0 saturated carbocycles. The van der Waals surface area contributed by atoms with Crippen molar-refractivity contribution in [3.8, 4) is 10.7 Å². The molecule has 0 radical (unpaired) electrons. The van der Waals surface area contributed by atoms with Crippen LogP contribution in [0, 0.1) is 0 Å². The highest BCUT2D eigenvalue weighted by Crippen LogP contribution is 2.32. The Labute approximate surface area is 193 Å². The zero-order valence-electron chi connectivity index (χ0n) is 17.5. The number of thiophene rings is 1. The third kappa shape index (κ3) is 3.35. The van der Waals surface area contributed by atoms with Crippen LogP contribution in [0.25, 0.3) is 27.3 Å². The minimum atomic E-state index is 0.354. The SMILES string of the molecule is C[C@@H]1CN(c2nc3cc(Cl)ccc3c3nnc(-c4cccs4)n23)CCN1Cc1ccoc1. The summed E-state index contributed by atoms with van der Waals surface area (Å²) in [6, 6.07) is 12.2. The average Bonchev–Trinajstić information content (AvgIpc) is 3.56. The maximum Gasteiger partial charge on any atom is 0.213 e. The number of halogens is 1. The molecule has 1 saturated heterocycles. The Bertz CT molecular complexity index is 1380. The summed E-state index contributed by atoms with van der Waals surface area (Å²) in [7, 11) is 0. The van der Waals surface area contributed by atoms with Gasteiger partial charge >= 0.3 is 0 Å². The van der Waals surface area contributed by atoms with Gasteiger partial charge in [0.2, 0.25) is 5.95 Å². The Morgan fingerprint density at radius 2 is 2.12 bits per heavy atom. The Morgan fingerprint density at radius 3 is 2.91 bits per heavy atom. The second-order valence-corrected chi connectivity index (χ2v) is 9.51. The molecule has 0 amide bonds. The first-order valence-corrected chi connectivity index (χ1v) is 11.8. The molecule has 7 nitrogen and oxygen atoms in total. The number of aromatic nitrogens is 4. The van der Waals surface area contributed by atoms with E-state index in [-0.39, 0.29) is 0 Å². The van der Waals surface area contributed by atoms with Crippen molar-refractivity contribution in [3.05, 3.63) is 64.9 Å². The van der Waals surface area contributed by atoms with E-state index >= 15 is 0 Å². The molecule has 1 fully saturated rings. The number of rotatable bonds is 4. The smallest absolute Gasteiger partial charge is 0.213 e. The molecule has 6 rings (SSSR count). The Kier molecular flexibility index (Phi) is 4.86. The van der Waals surface area contributed by atoms with E-state index in [1.165, 1.54) is 5.56 Å². The number of anilines is 1. The van der Waals surface area contributed by atoms with E-state index in [0.29, 0.717) is 11.1 Å². The topological polar surface area (TPSA) is 62.7 Å². The first-order chi connectivity index (χ1) is 15.7. The molecule has 1 aromatic carbocycles. The third-order valence-electron chi connectivity index (χ3n) is 6.04. The van der Waals surface area contributed by atoms with Gasteiger partial charge in [0, 0.05) is 48.2 Å². The predicted molar refractivity (Wildman–Crippen MR) is 127 cm³/mol. The van der Waals surface area contributed by atoms with Crippen molar-refractivity contribution < 1.29 is 4.42 Å². The van der Waals surface area contributed by atoms with E-state index in [2.05, 4.69) is 42.8 Å². The molecule has 1 aliphatic rings. The first kappa shape index (κ1) is 19.7. The van der Waals surface area contributed by atoms with Gasteiger partial charge in [-0.3, -0.25) is 4.90 Å². The molecule has 5 heterocycles.